The molecular formula is C9H10O5. The van der Waals surface area contributed by atoms with E-state index in [1.54, 1.807) is 0 Å². The second-order valence-electron chi connectivity index (χ2n) is 2.53. The van der Waals surface area contributed by atoms with E-state index in [9.17, 15) is 9.90 Å². The van der Waals surface area contributed by atoms with Crippen molar-refractivity contribution >= 4 is 5.97 Å². The normalized spacial score (nSPS) is 9.79. The number of ether oxygens (including phenoxy) is 2. The van der Waals surface area contributed by atoms with Crippen molar-refractivity contribution in [1.29, 1.82) is 0 Å². The third-order valence-corrected chi connectivity index (χ3v) is 1.54. The maximum Gasteiger partial charge on any atom is 0.339 e. The molecule has 0 heterocycles. The molecule has 0 atom stereocenters. The molecule has 0 saturated carbocycles. The lowest BCUT2D eigenvalue weighted by Gasteiger charge is -2.05. The summed E-state index contributed by atoms with van der Waals surface area (Å²) in [6, 6.07) is 3.94. The molecule has 0 amide bonds. The molecule has 1 rings (SSSR count). The van der Waals surface area contributed by atoms with Crippen LogP contribution in [-0.4, -0.2) is 30.1 Å². The van der Waals surface area contributed by atoms with Crippen molar-refractivity contribution in [3.05, 3.63) is 23.8 Å². The number of carboxylic acids is 1. The van der Waals surface area contributed by atoms with Gasteiger partial charge in [-0.25, -0.2) is 4.79 Å². The Morgan fingerprint density at radius 1 is 1.50 bits per heavy atom. The number of aromatic hydroxyl groups is 1. The molecule has 0 unspecified atom stereocenters. The molecule has 1 aromatic carbocycles. The van der Waals surface area contributed by atoms with E-state index >= 15 is 0 Å². The number of benzene rings is 1. The van der Waals surface area contributed by atoms with Crippen LogP contribution < -0.4 is 4.74 Å². The second-order valence-corrected chi connectivity index (χ2v) is 2.53. The quantitative estimate of drug-likeness (QED) is 0.708. The SMILES string of the molecule is COCOc1ccc(C(=O)O)c(O)c1. The van der Waals surface area contributed by atoms with E-state index < -0.39 is 5.97 Å². The van der Waals surface area contributed by atoms with Gasteiger partial charge in [0, 0.05) is 13.2 Å². The molecule has 1 aromatic rings. The highest BCUT2D eigenvalue weighted by atomic mass is 16.7. The molecule has 0 aliphatic rings. The summed E-state index contributed by atoms with van der Waals surface area (Å²) in [4.78, 5) is 10.5. The van der Waals surface area contributed by atoms with Gasteiger partial charge in [0.1, 0.15) is 17.1 Å². The van der Waals surface area contributed by atoms with E-state index in [-0.39, 0.29) is 18.1 Å². The first kappa shape index (κ1) is 10.3. The minimum Gasteiger partial charge on any atom is -0.507 e. The number of methoxy groups -OCH3 is 1. The van der Waals surface area contributed by atoms with Gasteiger partial charge in [-0.15, -0.1) is 0 Å². The maximum atomic E-state index is 10.5. The number of rotatable bonds is 4. The first-order chi connectivity index (χ1) is 6.65. The lowest BCUT2D eigenvalue weighted by Crippen LogP contribution is -2.00. The fourth-order valence-corrected chi connectivity index (χ4v) is 0.909. The molecule has 0 saturated heterocycles. The van der Waals surface area contributed by atoms with Crippen molar-refractivity contribution < 1.29 is 24.5 Å². The maximum absolute atomic E-state index is 10.5. The first-order valence-corrected chi connectivity index (χ1v) is 3.83. The second kappa shape index (κ2) is 4.48. The Morgan fingerprint density at radius 2 is 2.21 bits per heavy atom. The number of carbonyl (C=O) groups is 1. The monoisotopic (exact) mass is 198 g/mol. The number of carboxylic acid groups (broad SMARTS) is 1. The summed E-state index contributed by atoms with van der Waals surface area (Å²) in [5.74, 6) is -1.15. The smallest absolute Gasteiger partial charge is 0.339 e. The van der Waals surface area contributed by atoms with Crippen molar-refractivity contribution in [3.8, 4) is 11.5 Å². The van der Waals surface area contributed by atoms with Crippen LogP contribution in [0.2, 0.25) is 0 Å². The third kappa shape index (κ3) is 2.37. The zero-order chi connectivity index (χ0) is 10.6. The summed E-state index contributed by atoms with van der Waals surface area (Å²) >= 11 is 0. The fourth-order valence-electron chi connectivity index (χ4n) is 0.909. The van der Waals surface area contributed by atoms with Crippen LogP contribution in [0, 0.1) is 0 Å². The van der Waals surface area contributed by atoms with Crippen molar-refractivity contribution in [1.82, 2.24) is 0 Å². The number of hydrogen-bond donors (Lipinski definition) is 2. The molecule has 0 bridgehead atoms. The minimum absolute atomic E-state index is 0.0475. The van der Waals surface area contributed by atoms with E-state index in [1.165, 1.54) is 25.3 Å². The average Bonchev–Trinajstić information content (AvgIpc) is 2.14. The van der Waals surface area contributed by atoms with Gasteiger partial charge in [-0.05, 0) is 12.1 Å². The van der Waals surface area contributed by atoms with Gasteiger partial charge in [0.2, 0.25) is 0 Å². The summed E-state index contributed by atoms with van der Waals surface area (Å²) in [7, 11) is 1.46. The van der Waals surface area contributed by atoms with Crippen LogP contribution in [0.1, 0.15) is 10.4 Å². The Kier molecular flexibility index (Phi) is 3.30. The first-order valence-electron chi connectivity index (χ1n) is 3.83. The average molecular weight is 198 g/mol. The number of aromatic carboxylic acids is 1. The standard InChI is InChI=1S/C9H10O5/c1-13-5-14-6-2-3-7(9(11)12)8(10)4-6/h2-4,10H,5H2,1H3,(H,11,12). The largest absolute Gasteiger partial charge is 0.507 e. The molecule has 0 aromatic heterocycles. The zero-order valence-electron chi connectivity index (χ0n) is 7.56. The van der Waals surface area contributed by atoms with Gasteiger partial charge >= 0.3 is 5.97 Å². The van der Waals surface area contributed by atoms with Gasteiger partial charge in [-0.1, -0.05) is 0 Å². The minimum atomic E-state index is -1.18. The van der Waals surface area contributed by atoms with Gasteiger partial charge in [-0.2, -0.15) is 0 Å². The van der Waals surface area contributed by atoms with Gasteiger partial charge in [0.05, 0.1) is 0 Å². The number of phenols is 1. The molecule has 0 aliphatic carbocycles. The Hall–Kier alpha value is -1.75. The summed E-state index contributed by atoms with van der Waals surface area (Å²) < 4.78 is 9.64. The summed E-state index contributed by atoms with van der Waals surface area (Å²) in [5, 5.41) is 17.9. The van der Waals surface area contributed by atoms with Crippen molar-refractivity contribution in [2.24, 2.45) is 0 Å². The van der Waals surface area contributed by atoms with Crippen LogP contribution in [-0.2, 0) is 4.74 Å². The van der Waals surface area contributed by atoms with Crippen molar-refractivity contribution in [2.75, 3.05) is 13.9 Å². The van der Waals surface area contributed by atoms with Crippen LogP contribution in [0.3, 0.4) is 0 Å². The van der Waals surface area contributed by atoms with Crippen LogP contribution in [0.25, 0.3) is 0 Å². The molecule has 14 heavy (non-hydrogen) atoms. The highest BCUT2D eigenvalue weighted by Gasteiger charge is 2.09. The third-order valence-electron chi connectivity index (χ3n) is 1.54. The van der Waals surface area contributed by atoms with E-state index in [4.69, 9.17) is 9.84 Å². The van der Waals surface area contributed by atoms with Crippen LogP contribution >= 0.6 is 0 Å². The Balaban J connectivity index is 2.83. The van der Waals surface area contributed by atoms with Crippen LogP contribution in [0.4, 0.5) is 0 Å². The van der Waals surface area contributed by atoms with E-state index in [2.05, 4.69) is 4.74 Å². The predicted octanol–water partition coefficient (Wildman–Crippen LogP) is 1.07. The van der Waals surface area contributed by atoms with E-state index in [0.29, 0.717) is 5.75 Å². The molecule has 5 nitrogen and oxygen atoms in total. The molecule has 0 fully saturated rings. The summed E-state index contributed by atoms with van der Waals surface area (Å²) in [5.41, 5.74) is -0.158. The summed E-state index contributed by atoms with van der Waals surface area (Å²) in [6.45, 7) is 0.0475. The molecule has 0 spiro atoms. The Bertz CT molecular complexity index is 334. The van der Waals surface area contributed by atoms with Crippen molar-refractivity contribution in [3.63, 3.8) is 0 Å². The van der Waals surface area contributed by atoms with Gasteiger partial charge < -0.3 is 19.7 Å². The van der Waals surface area contributed by atoms with Gasteiger partial charge in [0.15, 0.2) is 6.79 Å². The Labute approximate surface area is 80.5 Å². The molecule has 76 valence electrons. The van der Waals surface area contributed by atoms with Crippen LogP contribution in [0.15, 0.2) is 18.2 Å². The predicted molar refractivity (Wildman–Crippen MR) is 47.6 cm³/mol. The molecule has 2 N–H and O–H groups in total. The molecular weight excluding hydrogens is 188 g/mol. The van der Waals surface area contributed by atoms with Gasteiger partial charge in [0.25, 0.3) is 0 Å². The lowest BCUT2D eigenvalue weighted by molar-refractivity contribution is 0.0509. The highest BCUT2D eigenvalue weighted by molar-refractivity contribution is 5.90. The lowest BCUT2D eigenvalue weighted by atomic mass is 10.2. The van der Waals surface area contributed by atoms with E-state index in [1.807, 2.05) is 0 Å². The van der Waals surface area contributed by atoms with E-state index in [0.717, 1.165) is 0 Å². The molecule has 5 heteroatoms. The highest BCUT2D eigenvalue weighted by Crippen LogP contribution is 2.23. The molecule has 0 aliphatic heterocycles. The van der Waals surface area contributed by atoms with Crippen LogP contribution in [0.5, 0.6) is 11.5 Å². The fraction of sp³-hybridized carbons (Fsp3) is 0.222. The van der Waals surface area contributed by atoms with Crippen molar-refractivity contribution in [2.45, 2.75) is 0 Å². The number of hydrogen-bond acceptors (Lipinski definition) is 4. The molecule has 0 radical (unpaired) electrons. The zero-order valence-corrected chi connectivity index (χ0v) is 7.56. The topological polar surface area (TPSA) is 76.0 Å². The Morgan fingerprint density at radius 3 is 2.71 bits per heavy atom. The summed E-state index contributed by atoms with van der Waals surface area (Å²) in [6.07, 6.45) is 0. The van der Waals surface area contributed by atoms with Gasteiger partial charge in [-0.3, -0.25) is 0 Å².